The van der Waals surface area contributed by atoms with E-state index in [4.69, 9.17) is 5.73 Å². The largest absolute Gasteiger partial charge is 0.364 e. The van der Waals surface area contributed by atoms with Crippen molar-refractivity contribution in [2.24, 2.45) is 12.8 Å². The van der Waals surface area contributed by atoms with Crippen molar-refractivity contribution < 1.29 is 4.79 Å². The number of rotatable bonds is 2. The van der Waals surface area contributed by atoms with E-state index >= 15 is 0 Å². The molecule has 2 heterocycles. The minimum absolute atomic E-state index is 0.155. The molecule has 0 unspecified atom stereocenters. The van der Waals surface area contributed by atoms with Gasteiger partial charge in [0, 0.05) is 35.8 Å². The Labute approximate surface area is 110 Å². The number of primary amides is 1. The second-order valence-corrected chi connectivity index (χ2v) is 4.36. The van der Waals surface area contributed by atoms with Crippen molar-refractivity contribution in [1.29, 1.82) is 0 Å². The fourth-order valence-corrected chi connectivity index (χ4v) is 2.20. The number of carbonyl (C=O) groups is 1. The fraction of sp³-hybridized carbons (Fsp3) is 0.0667. The van der Waals surface area contributed by atoms with Crippen molar-refractivity contribution >= 4 is 16.8 Å². The first-order valence-corrected chi connectivity index (χ1v) is 5.89. The number of pyridine rings is 1. The Kier molecular flexibility index (Phi) is 2.56. The highest BCUT2D eigenvalue weighted by molar-refractivity contribution is 5.91. The van der Waals surface area contributed by atoms with Crippen LogP contribution in [0.4, 0.5) is 0 Å². The number of carbonyl (C=O) groups excluding carboxylic acids is 1. The van der Waals surface area contributed by atoms with Gasteiger partial charge in [-0.2, -0.15) is 0 Å². The van der Waals surface area contributed by atoms with Gasteiger partial charge in [-0.3, -0.25) is 4.79 Å². The third-order valence-electron chi connectivity index (χ3n) is 3.18. The minimum Gasteiger partial charge on any atom is -0.364 e. The highest BCUT2D eigenvalue weighted by Crippen LogP contribution is 2.26. The van der Waals surface area contributed by atoms with Crippen LogP contribution in [0.2, 0.25) is 0 Å². The zero-order chi connectivity index (χ0) is 13.4. The van der Waals surface area contributed by atoms with Gasteiger partial charge in [-0.1, -0.05) is 18.2 Å². The van der Waals surface area contributed by atoms with Crippen molar-refractivity contribution in [3.63, 3.8) is 0 Å². The lowest BCUT2D eigenvalue weighted by atomic mass is 10.2. The standard InChI is InChI=1S/C15H12N3O/c1-18-13-5-3-2-4-10(13)8-14(18)11-6-7-12(15(16)19)17-9-11/h2-6,8-9H,1H3,(H2,16,19). The number of benzene rings is 1. The summed E-state index contributed by atoms with van der Waals surface area (Å²) >= 11 is 0. The van der Waals surface area contributed by atoms with Crippen LogP contribution >= 0.6 is 0 Å². The molecule has 2 N–H and O–H groups in total. The number of nitrogens with zero attached hydrogens (tertiary/aromatic N) is 2. The second-order valence-electron chi connectivity index (χ2n) is 4.36. The molecule has 4 nitrogen and oxygen atoms in total. The predicted octanol–water partition coefficient (Wildman–Crippen LogP) is 2.14. The normalized spacial score (nSPS) is 10.8. The second kappa shape index (κ2) is 4.24. The van der Waals surface area contributed by atoms with E-state index in [1.807, 2.05) is 19.2 Å². The van der Waals surface area contributed by atoms with Crippen LogP contribution in [-0.4, -0.2) is 15.5 Å². The molecule has 1 amide bonds. The van der Waals surface area contributed by atoms with Gasteiger partial charge in [0.15, 0.2) is 0 Å². The van der Waals surface area contributed by atoms with E-state index in [0.717, 1.165) is 16.8 Å². The van der Waals surface area contributed by atoms with E-state index in [-0.39, 0.29) is 5.69 Å². The van der Waals surface area contributed by atoms with E-state index in [1.54, 1.807) is 12.3 Å². The highest BCUT2D eigenvalue weighted by Gasteiger charge is 2.09. The Morgan fingerprint density at radius 2 is 2.16 bits per heavy atom. The summed E-state index contributed by atoms with van der Waals surface area (Å²) in [5.74, 6) is -0.566. The summed E-state index contributed by atoms with van der Waals surface area (Å²) in [5, 5.41) is 1.17. The molecule has 0 aliphatic rings. The number of hydrogen-bond donors (Lipinski definition) is 1. The van der Waals surface area contributed by atoms with E-state index < -0.39 is 5.91 Å². The number of aryl methyl sites for hydroxylation is 1. The molecule has 1 aromatic carbocycles. The van der Waals surface area contributed by atoms with Crippen LogP contribution in [0.1, 0.15) is 10.5 Å². The SMILES string of the molecule is Cn1c(-c2c[c]c(C(N)=O)nc2)cc2ccccc21. The summed E-state index contributed by atoms with van der Waals surface area (Å²) in [7, 11) is 2.00. The maximum atomic E-state index is 11.0. The first-order chi connectivity index (χ1) is 9.16. The molecule has 2 aromatic heterocycles. The molecule has 0 aliphatic carbocycles. The smallest absolute Gasteiger partial charge is 0.267 e. The molecule has 0 fully saturated rings. The van der Waals surface area contributed by atoms with Gasteiger partial charge in [0.1, 0.15) is 5.69 Å². The lowest BCUT2D eigenvalue weighted by molar-refractivity contribution is 0.0995. The Hall–Kier alpha value is -2.62. The quantitative estimate of drug-likeness (QED) is 0.757. The number of amides is 1. The van der Waals surface area contributed by atoms with Crippen LogP contribution in [0.25, 0.3) is 22.2 Å². The van der Waals surface area contributed by atoms with Crippen LogP contribution in [0.3, 0.4) is 0 Å². The summed E-state index contributed by atoms with van der Waals surface area (Å²) in [6, 6.07) is 14.8. The Bertz CT molecular complexity index is 757. The van der Waals surface area contributed by atoms with Crippen LogP contribution in [0.15, 0.2) is 42.6 Å². The lowest BCUT2D eigenvalue weighted by Crippen LogP contribution is -2.12. The van der Waals surface area contributed by atoms with Crippen LogP contribution in [0, 0.1) is 6.07 Å². The van der Waals surface area contributed by atoms with Crippen molar-refractivity contribution in [3.8, 4) is 11.3 Å². The Morgan fingerprint density at radius 3 is 2.79 bits per heavy atom. The molecule has 0 bridgehead atoms. The van der Waals surface area contributed by atoms with Crippen LogP contribution in [0.5, 0.6) is 0 Å². The van der Waals surface area contributed by atoms with Crippen molar-refractivity contribution in [3.05, 3.63) is 54.4 Å². The predicted molar refractivity (Wildman–Crippen MR) is 73.5 cm³/mol. The third kappa shape index (κ3) is 1.87. The minimum atomic E-state index is -0.566. The average Bonchev–Trinajstić information content (AvgIpc) is 2.77. The van der Waals surface area contributed by atoms with Gasteiger partial charge < -0.3 is 10.3 Å². The molecule has 0 saturated heterocycles. The first kappa shape index (κ1) is 11.5. The monoisotopic (exact) mass is 250 g/mol. The summed E-state index contributed by atoms with van der Waals surface area (Å²) in [6.07, 6.45) is 1.64. The molecule has 4 heteroatoms. The molecule has 0 saturated carbocycles. The summed E-state index contributed by atoms with van der Waals surface area (Å²) in [5.41, 5.74) is 8.40. The number of aromatic nitrogens is 2. The first-order valence-electron chi connectivity index (χ1n) is 5.89. The van der Waals surface area contributed by atoms with Gasteiger partial charge in [0.05, 0.1) is 5.69 Å². The van der Waals surface area contributed by atoms with Crippen molar-refractivity contribution in [1.82, 2.24) is 9.55 Å². The van der Waals surface area contributed by atoms with Gasteiger partial charge in [0.2, 0.25) is 0 Å². The number of hydrogen-bond acceptors (Lipinski definition) is 2. The van der Waals surface area contributed by atoms with Gasteiger partial charge in [0.25, 0.3) is 5.91 Å². The maximum Gasteiger partial charge on any atom is 0.267 e. The lowest BCUT2D eigenvalue weighted by Gasteiger charge is -2.04. The van der Waals surface area contributed by atoms with Gasteiger partial charge in [-0.15, -0.1) is 0 Å². The molecule has 93 valence electrons. The van der Waals surface area contributed by atoms with E-state index in [1.165, 1.54) is 5.39 Å². The number of nitrogens with two attached hydrogens (primary N) is 1. The molecular weight excluding hydrogens is 238 g/mol. The zero-order valence-corrected chi connectivity index (χ0v) is 10.4. The van der Waals surface area contributed by atoms with E-state index in [0.29, 0.717) is 0 Å². The third-order valence-corrected chi connectivity index (χ3v) is 3.18. The van der Waals surface area contributed by atoms with Gasteiger partial charge >= 0.3 is 0 Å². The molecule has 19 heavy (non-hydrogen) atoms. The summed E-state index contributed by atoms with van der Waals surface area (Å²) in [6.45, 7) is 0. The molecule has 3 rings (SSSR count). The molecule has 0 aliphatic heterocycles. The highest BCUT2D eigenvalue weighted by atomic mass is 16.1. The Morgan fingerprint density at radius 1 is 1.37 bits per heavy atom. The van der Waals surface area contributed by atoms with Crippen molar-refractivity contribution in [2.45, 2.75) is 0 Å². The number of para-hydroxylation sites is 1. The van der Waals surface area contributed by atoms with Crippen molar-refractivity contribution in [2.75, 3.05) is 0 Å². The molecule has 0 atom stereocenters. The number of fused-ring (bicyclic) bond motifs is 1. The van der Waals surface area contributed by atoms with Crippen LogP contribution in [-0.2, 0) is 7.05 Å². The average molecular weight is 250 g/mol. The zero-order valence-electron chi connectivity index (χ0n) is 10.4. The van der Waals surface area contributed by atoms with E-state index in [2.05, 4.69) is 33.8 Å². The fourth-order valence-electron chi connectivity index (χ4n) is 2.20. The van der Waals surface area contributed by atoms with Gasteiger partial charge in [-0.25, -0.2) is 4.98 Å². The molecule has 1 radical (unpaired) electrons. The van der Waals surface area contributed by atoms with E-state index in [9.17, 15) is 4.79 Å². The Balaban J connectivity index is 2.13. The molecule has 3 aromatic rings. The maximum absolute atomic E-state index is 11.0. The van der Waals surface area contributed by atoms with Crippen LogP contribution < -0.4 is 5.73 Å². The van der Waals surface area contributed by atoms with Gasteiger partial charge in [-0.05, 0) is 18.2 Å². The molecular formula is C15H12N3O. The summed E-state index contributed by atoms with van der Waals surface area (Å²) in [4.78, 5) is 15.0. The summed E-state index contributed by atoms with van der Waals surface area (Å²) < 4.78 is 2.09. The molecule has 0 spiro atoms. The topological polar surface area (TPSA) is 60.9 Å².